The van der Waals surface area contributed by atoms with E-state index in [1.165, 1.54) is 17.5 Å². The molecule has 154 valence electrons. The van der Waals surface area contributed by atoms with Crippen LogP contribution >= 0.6 is 0 Å². The number of ether oxygens (including phenoxy) is 1. The number of benzene rings is 2. The van der Waals surface area contributed by atoms with Crippen LogP contribution in [0.1, 0.15) is 57.5 Å². The second-order valence-electron chi connectivity index (χ2n) is 8.26. The maximum absolute atomic E-state index is 12.5. The predicted octanol–water partition coefficient (Wildman–Crippen LogP) is 3.53. The van der Waals surface area contributed by atoms with Gasteiger partial charge in [-0.3, -0.25) is 9.59 Å². The molecule has 6 nitrogen and oxygen atoms in total. The summed E-state index contributed by atoms with van der Waals surface area (Å²) in [6.45, 7) is 0.541. The van der Waals surface area contributed by atoms with E-state index in [-0.39, 0.29) is 24.3 Å². The maximum atomic E-state index is 12.5. The summed E-state index contributed by atoms with van der Waals surface area (Å²) in [7, 11) is 0. The van der Waals surface area contributed by atoms with Gasteiger partial charge in [0.05, 0.1) is 16.9 Å². The summed E-state index contributed by atoms with van der Waals surface area (Å²) < 4.78 is 5.28. The highest BCUT2D eigenvalue weighted by atomic mass is 16.5. The second-order valence-corrected chi connectivity index (χ2v) is 8.26. The van der Waals surface area contributed by atoms with E-state index in [1.54, 1.807) is 12.1 Å². The van der Waals surface area contributed by atoms with Crippen LogP contribution in [0.15, 0.2) is 36.4 Å². The molecule has 2 aromatic rings. The molecule has 3 aliphatic rings. The highest BCUT2D eigenvalue weighted by Gasteiger charge is 2.36. The number of hydrogen-bond donors (Lipinski definition) is 1. The zero-order chi connectivity index (χ0) is 20.7. The number of esters is 1. The molecule has 30 heavy (non-hydrogen) atoms. The van der Waals surface area contributed by atoms with Crippen molar-refractivity contribution < 1.29 is 19.1 Å². The summed E-state index contributed by atoms with van der Waals surface area (Å²) in [5.74, 6) is -0.807. The first-order valence-corrected chi connectivity index (χ1v) is 10.6. The predicted molar refractivity (Wildman–Crippen MR) is 113 cm³/mol. The standard InChI is InChI=1S/C24H24N2O4/c27-22(17-8-7-15-4-1-2-5-16(15)12-17)14-30-24(29)18-9-10-20-19(13-18)25-23(28)21-6-3-11-26(20)21/h7-10,12-13,21H,1-6,11,14H2,(H,25,28)/t21-/m0/s1. The third kappa shape index (κ3) is 3.36. The topological polar surface area (TPSA) is 75.7 Å². The molecule has 1 N–H and O–H groups in total. The average Bonchev–Trinajstić information content (AvgIpc) is 3.27. The van der Waals surface area contributed by atoms with Crippen molar-refractivity contribution >= 4 is 29.0 Å². The Morgan fingerprint density at radius 2 is 1.80 bits per heavy atom. The average molecular weight is 404 g/mol. The van der Waals surface area contributed by atoms with Crippen LogP contribution in [0.3, 0.4) is 0 Å². The third-order valence-corrected chi connectivity index (χ3v) is 6.36. The fraction of sp³-hybridized carbons (Fsp3) is 0.375. The first kappa shape index (κ1) is 18.9. The fourth-order valence-electron chi connectivity index (χ4n) is 4.76. The number of rotatable bonds is 4. The van der Waals surface area contributed by atoms with Gasteiger partial charge in [-0.15, -0.1) is 0 Å². The zero-order valence-electron chi connectivity index (χ0n) is 16.8. The van der Waals surface area contributed by atoms with Gasteiger partial charge in [-0.25, -0.2) is 4.79 Å². The zero-order valence-corrected chi connectivity index (χ0v) is 16.8. The van der Waals surface area contributed by atoms with Gasteiger partial charge in [-0.05, 0) is 73.9 Å². The van der Waals surface area contributed by atoms with E-state index in [2.05, 4.69) is 10.2 Å². The number of carbonyl (C=O) groups is 3. The number of hydrogen-bond acceptors (Lipinski definition) is 5. The lowest BCUT2D eigenvalue weighted by atomic mass is 9.90. The Hall–Kier alpha value is -3.15. The minimum absolute atomic E-state index is 0.0342. The monoisotopic (exact) mass is 404 g/mol. The van der Waals surface area contributed by atoms with E-state index in [1.807, 2.05) is 24.3 Å². The number of nitrogens with one attached hydrogen (secondary N) is 1. The van der Waals surface area contributed by atoms with Crippen molar-refractivity contribution in [2.24, 2.45) is 0 Å². The van der Waals surface area contributed by atoms with Gasteiger partial charge in [-0.1, -0.05) is 12.1 Å². The SMILES string of the molecule is O=C(COC(=O)c1ccc2c(c1)NC(=O)[C@@H]1CCCN21)c1ccc2c(c1)CCCC2. The van der Waals surface area contributed by atoms with Gasteiger partial charge in [-0.2, -0.15) is 0 Å². The Balaban J connectivity index is 1.26. The van der Waals surface area contributed by atoms with Crippen LogP contribution in [-0.2, 0) is 22.4 Å². The van der Waals surface area contributed by atoms with E-state index in [0.29, 0.717) is 16.8 Å². The number of anilines is 2. The number of amides is 1. The van der Waals surface area contributed by atoms with Gasteiger partial charge in [0.1, 0.15) is 6.04 Å². The molecular formula is C24H24N2O4. The smallest absolute Gasteiger partial charge is 0.338 e. The summed E-state index contributed by atoms with van der Waals surface area (Å²) in [5, 5.41) is 2.89. The Morgan fingerprint density at radius 1 is 1.00 bits per heavy atom. The van der Waals surface area contributed by atoms with E-state index in [0.717, 1.165) is 44.3 Å². The molecule has 5 rings (SSSR count). The second kappa shape index (κ2) is 7.59. The molecule has 2 aromatic carbocycles. The lowest BCUT2D eigenvalue weighted by Crippen LogP contribution is -2.43. The minimum Gasteiger partial charge on any atom is -0.454 e. The molecule has 0 aromatic heterocycles. The highest BCUT2D eigenvalue weighted by molar-refractivity contribution is 6.06. The van der Waals surface area contributed by atoms with Gasteiger partial charge < -0.3 is 15.0 Å². The Morgan fingerprint density at radius 3 is 2.67 bits per heavy atom. The van der Waals surface area contributed by atoms with Crippen LogP contribution in [0.2, 0.25) is 0 Å². The number of fused-ring (bicyclic) bond motifs is 4. The molecule has 1 aliphatic carbocycles. The van der Waals surface area contributed by atoms with Gasteiger partial charge in [0.2, 0.25) is 5.91 Å². The summed E-state index contributed by atoms with van der Waals surface area (Å²) in [6, 6.07) is 10.8. The van der Waals surface area contributed by atoms with Crippen LogP contribution < -0.4 is 10.2 Å². The molecule has 0 saturated carbocycles. The molecule has 6 heteroatoms. The van der Waals surface area contributed by atoms with Gasteiger partial charge in [0, 0.05) is 12.1 Å². The molecule has 1 atom stereocenters. The third-order valence-electron chi connectivity index (χ3n) is 6.36. The first-order valence-electron chi connectivity index (χ1n) is 10.6. The highest BCUT2D eigenvalue weighted by Crippen LogP contribution is 2.37. The molecule has 0 spiro atoms. The molecule has 2 heterocycles. The van der Waals surface area contributed by atoms with Crippen molar-refractivity contribution in [1.82, 2.24) is 0 Å². The Labute approximate surface area is 175 Å². The summed E-state index contributed by atoms with van der Waals surface area (Å²) in [4.78, 5) is 39.4. The van der Waals surface area contributed by atoms with Crippen molar-refractivity contribution in [3.05, 3.63) is 58.7 Å². The lowest BCUT2D eigenvalue weighted by molar-refractivity contribution is -0.117. The normalized spacial score (nSPS) is 19.4. The van der Waals surface area contributed by atoms with Crippen LogP contribution in [0.25, 0.3) is 0 Å². The summed E-state index contributed by atoms with van der Waals surface area (Å²) in [5.41, 5.74) is 4.99. The minimum atomic E-state index is -0.568. The maximum Gasteiger partial charge on any atom is 0.338 e. The molecule has 1 saturated heterocycles. The Kier molecular flexibility index (Phi) is 4.77. The molecular weight excluding hydrogens is 380 g/mol. The number of aryl methyl sites for hydroxylation is 2. The number of Topliss-reactive ketones (excluding diaryl/α,β-unsaturated/α-hetero) is 1. The number of ketones is 1. The van der Waals surface area contributed by atoms with Gasteiger partial charge in [0.25, 0.3) is 0 Å². The van der Waals surface area contributed by atoms with E-state index < -0.39 is 5.97 Å². The molecule has 2 aliphatic heterocycles. The van der Waals surface area contributed by atoms with Gasteiger partial charge >= 0.3 is 5.97 Å². The van der Waals surface area contributed by atoms with Crippen molar-refractivity contribution in [1.29, 1.82) is 0 Å². The number of carbonyl (C=O) groups excluding carboxylic acids is 3. The van der Waals surface area contributed by atoms with Crippen LogP contribution in [0.4, 0.5) is 11.4 Å². The van der Waals surface area contributed by atoms with E-state index in [4.69, 9.17) is 4.74 Å². The van der Waals surface area contributed by atoms with Crippen molar-refractivity contribution in [3.8, 4) is 0 Å². The molecule has 0 unspecified atom stereocenters. The van der Waals surface area contributed by atoms with Crippen molar-refractivity contribution in [2.75, 3.05) is 23.4 Å². The summed E-state index contributed by atoms with van der Waals surface area (Å²) >= 11 is 0. The fourth-order valence-corrected chi connectivity index (χ4v) is 4.76. The van der Waals surface area contributed by atoms with Crippen LogP contribution in [-0.4, -0.2) is 36.9 Å². The first-order chi connectivity index (χ1) is 14.6. The summed E-state index contributed by atoms with van der Waals surface area (Å²) in [6.07, 6.45) is 6.22. The van der Waals surface area contributed by atoms with Crippen molar-refractivity contribution in [3.63, 3.8) is 0 Å². The van der Waals surface area contributed by atoms with Crippen LogP contribution in [0.5, 0.6) is 0 Å². The molecule has 1 amide bonds. The van der Waals surface area contributed by atoms with E-state index >= 15 is 0 Å². The molecule has 0 bridgehead atoms. The molecule has 0 radical (unpaired) electrons. The molecule has 1 fully saturated rings. The van der Waals surface area contributed by atoms with E-state index in [9.17, 15) is 14.4 Å². The van der Waals surface area contributed by atoms with Crippen molar-refractivity contribution in [2.45, 2.75) is 44.6 Å². The number of nitrogens with zero attached hydrogens (tertiary/aromatic N) is 1. The van der Waals surface area contributed by atoms with Gasteiger partial charge in [0.15, 0.2) is 12.4 Å². The Bertz CT molecular complexity index is 1050. The lowest BCUT2D eigenvalue weighted by Gasteiger charge is -2.33. The van der Waals surface area contributed by atoms with Crippen LogP contribution in [0, 0.1) is 0 Å². The largest absolute Gasteiger partial charge is 0.454 e. The quantitative estimate of drug-likeness (QED) is 0.623.